The quantitative estimate of drug-likeness (QED) is 0.861. The van der Waals surface area contributed by atoms with E-state index in [1.165, 1.54) is 5.57 Å². The van der Waals surface area contributed by atoms with Crippen LogP contribution in [0.2, 0.25) is 0 Å². The molecule has 5 heteroatoms. The lowest BCUT2D eigenvalue weighted by Gasteiger charge is -2.28. The summed E-state index contributed by atoms with van der Waals surface area (Å²) >= 11 is 0. The van der Waals surface area contributed by atoms with Crippen molar-refractivity contribution in [1.82, 2.24) is 10.2 Å². The normalized spacial score (nSPS) is 16.8. The van der Waals surface area contributed by atoms with Gasteiger partial charge >= 0.3 is 6.03 Å². The third-order valence-electron chi connectivity index (χ3n) is 3.35. The minimum absolute atomic E-state index is 0.0754. The van der Waals surface area contributed by atoms with Gasteiger partial charge in [-0.25, -0.2) is 4.79 Å². The van der Waals surface area contributed by atoms with Gasteiger partial charge in [-0.1, -0.05) is 11.6 Å². The van der Waals surface area contributed by atoms with Gasteiger partial charge in [0.05, 0.1) is 6.61 Å². The molecule has 0 aliphatic carbocycles. The van der Waals surface area contributed by atoms with Crippen LogP contribution in [0.3, 0.4) is 0 Å². The molecule has 0 radical (unpaired) electrons. The van der Waals surface area contributed by atoms with E-state index < -0.39 is 0 Å². The molecule has 2 heterocycles. The summed E-state index contributed by atoms with van der Waals surface area (Å²) in [4.78, 5) is 14.1. The van der Waals surface area contributed by atoms with Crippen LogP contribution < -0.4 is 5.32 Å². The average molecular weight is 278 g/mol. The van der Waals surface area contributed by atoms with Gasteiger partial charge in [-0.3, -0.25) is 0 Å². The summed E-state index contributed by atoms with van der Waals surface area (Å²) in [6.07, 6.45) is 3.08. The van der Waals surface area contributed by atoms with Gasteiger partial charge in [0.2, 0.25) is 0 Å². The van der Waals surface area contributed by atoms with E-state index >= 15 is 0 Å². The van der Waals surface area contributed by atoms with Crippen molar-refractivity contribution < 1.29 is 13.9 Å². The summed E-state index contributed by atoms with van der Waals surface area (Å²) in [7, 11) is 1.61. The molecule has 1 aliphatic rings. The van der Waals surface area contributed by atoms with Crippen LogP contribution in [0.25, 0.3) is 0 Å². The molecule has 1 aromatic rings. The molecule has 0 saturated carbocycles. The number of hydrogen-bond donors (Lipinski definition) is 1. The van der Waals surface area contributed by atoms with Gasteiger partial charge in [0.1, 0.15) is 17.6 Å². The fourth-order valence-corrected chi connectivity index (χ4v) is 2.33. The number of amides is 2. The highest BCUT2D eigenvalue weighted by atomic mass is 16.5. The van der Waals surface area contributed by atoms with Crippen molar-refractivity contribution in [1.29, 1.82) is 0 Å². The summed E-state index contributed by atoms with van der Waals surface area (Å²) in [5.41, 5.74) is 1.23. The van der Waals surface area contributed by atoms with Crippen molar-refractivity contribution in [2.75, 3.05) is 26.8 Å². The Kier molecular flexibility index (Phi) is 4.84. The lowest BCUT2D eigenvalue weighted by atomic mass is 10.1. The number of carbonyl (C=O) groups excluding carboxylic acids is 1. The molecular formula is C15H22N2O3. The molecule has 1 N–H and O–H groups in total. The zero-order valence-electron chi connectivity index (χ0n) is 12.3. The summed E-state index contributed by atoms with van der Waals surface area (Å²) < 4.78 is 10.8. The Morgan fingerprint density at radius 1 is 1.50 bits per heavy atom. The van der Waals surface area contributed by atoms with Crippen LogP contribution in [0.15, 0.2) is 28.2 Å². The van der Waals surface area contributed by atoms with E-state index in [0.717, 1.165) is 24.5 Å². The maximum atomic E-state index is 12.3. The third-order valence-corrected chi connectivity index (χ3v) is 3.35. The first-order valence-corrected chi connectivity index (χ1v) is 6.86. The lowest BCUT2D eigenvalue weighted by Crippen LogP contribution is -2.44. The molecule has 1 atom stereocenters. The molecule has 0 bridgehead atoms. The highest BCUT2D eigenvalue weighted by Gasteiger charge is 2.22. The number of hydrogen-bond acceptors (Lipinski definition) is 3. The summed E-state index contributed by atoms with van der Waals surface area (Å²) in [6.45, 7) is 5.75. The van der Waals surface area contributed by atoms with Gasteiger partial charge in [-0.2, -0.15) is 0 Å². The highest BCUT2D eigenvalue weighted by Crippen LogP contribution is 2.18. The molecule has 110 valence electrons. The Morgan fingerprint density at radius 3 is 2.90 bits per heavy atom. The Bertz CT molecular complexity index is 493. The van der Waals surface area contributed by atoms with Crippen molar-refractivity contribution in [3.8, 4) is 0 Å². The number of rotatable bonds is 4. The van der Waals surface area contributed by atoms with E-state index in [0.29, 0.717) is 13.2 Å². The minimum atomic E-state index is -0.257. The van der Waals surface area contributed by atoms with E-state index in [-0.39, 0.29) is 12.1 Å². The number of carbonyl (C=O) groups is 1. The Hall–Kier alpha value is -1.75. The molecule has 1 unspecified atom stereocenters. The van der Waals surface area contributed by atoms with Crippen molar-refractivity contribution >= 4 is 6.03 Å². The Morgan fingerprint density at radius 2 is 2.30 bits per heavy atom. The predicted molar refractivity (Wildman–Crippen MR) is 76.5 cm³/mol. The number of nitrogens with zero attached hydrogens (tertiary/aromatic N) is 1. The van der Waals surface area contributed by atoms with E-state index in [1.54, 1.807) is 7.11 Å². The first-order chi connectivity index (χ1) is 9.60. The van der Waals surface area contributed by atoms with Crippen molar-refractivity contribution in [3.63, 3.8) is 0 Å². The molecule has 20 heavy (non-hydrogen) atoms. The Labute approximate surface area is 119 Å². The molecular weight excluding hydrogens is 256 g/mol. The highest BCUT2D eigenvalue weighted by molar-refractivity contribution is 5.75. The van der Waals surface area contributed by atoms with E-state index in [9.17, 15) is 4.79 Å². The monoisotopic (exact) mass is 278 g/mol. The molecule has 1 aromatic heterocycles. The number of furan rings is 1. The molecule has 0 saturated heterocycles. The lowest BCUT2D eigenvalue weighted by molar-refractivity contribution is 0.147. The van der Waals surface area contributed by atoms with Crippen LogP contribution in [-0.4, -0.2) is 37.7 Å². The van der Waals surface area contributed by atoms with Crippen LogP contribution >= 0.6 is 0 Å². The smallest absolute Gasteiger partial charge is 0.318 e. The van der Waals surface area contributed by atoms with Gasteiger partial charge in [0.25, 0.3) is 0 Å². The molecule has 0 fully saturated rings. The molecule has 1 aliphatic heterocycles. The standard InChI is InChI=1S/C15H22N2O3/c1-11-5-4-8-17(9-11)15(18)16-13(10-19-3)14-7-6-12(2)20-14/h5-7,13H,4,8-10H2,1-3H3,(H,16,18). The number of urea groups is 1. The topological polar surface area (TPSA) is 54.7 Å². The van der Waals surface area contributed by atoms with Gasteiger partial charge in [-0.05, 0) is 32.4 Å². The van der Waals surface area contributed by atoms with E-state index in [1.807, 2.05) is 30.9 Å². The second-order valence-electron chi connectivity index (χ2n) is 5.17. The second kappa shape index (κ2) is 6.61. The van der Waals surface area contributed by atoms with Crippen molar-refractivity contribution in [3.05, 3.63) is 35.3 Å². The maximum absolute atomic E-state index is 12.3. The SMILES string of the molecule is COCC(NC(=O)N1CCC=C(C)C1)c1ccc(C)o1. The number of aryl methyl sites for hydroxylation is 1. The van der Waals surface area contributed by atoms with Crippen LogP contribution in [0.4, 0.5) is 4.79 Å². The average Bonchev–Trinajstić information content (AvgIpc) is 2.85. The first-order valence-electron chi connectivity index (χ1n) is 6.86. The van der Waals surface area contributed by atoms with Gasteiger partial charge < -0.3 is 19.4 Å². The summed E-state index contributed by atoms with van der Waals surface area (Å²) in [6, 6.07) is 3.43. The second-order valence-corrected chi connectivity index (χ2v) is 5.17. The molecule has 0 aromatic carbocycles. The molecule has 5 nitrogen and oxygen atoms in total. The first kappa shape index (κ1) is 14.7. The fourth-order valence-electron chi connectivity index (χ4n) is 2.33. The van der Waals surface area contributed by atoms with Crippen LogP contribution in [0, 0.1) is 6.92 Å². The fraction of sp³-hybridized carbons (Fsp3) is 0.533. The van der Waals surface area contributed by atoms with E-state index in [4.69, 9.17) is 9.15 Å². The van der Waals surface area contributed by atoms with Gasteiger partial charge in [0.15, 0.2) is 0 Å². The van der Waals surface area contributed by atoms with Gasteiger partial charge in [-0.15, -0.1) is 0 Å². The number of nitrogens with one attached hydrogen (secondary N) is 1. The maximum Gasteiger partial charge on any atom is 0.318 e. The molecule has 2 rings (SSSR count). The zero-order valence-corrected chi connectivity index (χ0v) is 12.3. The zero-order chi connectivity index (χ0) is 14.5. The number of ether oxygens (including phenoxy) is 1. The minimum Gasteiger partial charge on any atom is -0.464 e. The Balaban J connectivity index is 2.01. The van der Waals surface area contributed by atoms with E-state index in [2.05, 4.69) is 11.4 Å². The van der Waals surface area contributed by atoms with Crippen LogP contribution in [0.1, 0.15) is 30.9 Å². The molecule has 0 spiro atoms. The predicted octanol–water partition coefficient (Wildman–Crippen LogP) is 2.64. The summed E-state index contributed by atoms with van der Waals surface area (Å²) in [5, 5.41) is 2.98. The van der Waals surface area contributed by atoms with Crippen molar-refractivity contribution in [2.24, 2.45) is 0 Å². The van der Waals surface area contributed by atoms with Crippen molar-refractivity contribution in [2.45, 2.75) is 26.3 Å². The third kappa shape index (κ3) is 3.63. The summed E-state index contributed by atoms with van der Waals surface area (Å²) in [5.74, 6) is 1.55. The molecule has 2 amide bonds. The largest absolute Gasteiger partial charge is 0.464 e. The number of methoxy groups -OCH3 is 1. The van der Waals surface area contributed by atoms with Crippen LogP contribution in [-0.2, 0) is 4.74 Å². The van der Waals surface area contributed by atoms with Gasteiger partial charge in [0, 0.05) is 20.2 Å². The van der Waals surface area contributed by atoms with Crippen LogP contribution in [0.5, 0.6) is 0 Å².